The molecule has 48 heavy (non-hydrogen) atoms. The monoisotopic (exact) mass is 679 g/mol. The van der Waals surface area contributed by atoms with Crippen LogP contribution in [0.15, 0.2) is 78.9 Å². The Morgan fingerprint density at radius 1 is 0.854 bits per heavy atom. The second-order valence-corrected chi connectivity index (χ2v) is 17.8. The van der Waals surface area contributed by atoms with Gasteiger partial charge in [0.1, 0.15) is 24.1 Å². The maximum absolute atomic E-state index is 13.6. The second kappa shape index (κ2) is 17.7. The lowest BCUT2D eigenvalue weighted by Crippen LogP contribution is -2.51. The third kappa shape index (κ3) is 13.8. The molecule has 2 atom stereocenters. The zero-order chi connectivity index (χ0) is 35.3. The number of hydrogen-bond donors (Lipinski definition) is 3. The van der Waals surface area contributed by atoms with Crippen molar-refractivity contribution >= 4 is 37.8 Å². The number of aliphatic hydroxyl groups is 1. The Kier molecular flexibility index (Phi) is 14.0. The summed E-state index contributed by atoms with van der Waals surface area (Å²) in [5.41, 5.74) is 1.62. The molecular weight excluding hydrogens is 630 g/mol. The molecule has 11 nitrogen and oxygen atoms in total. The van der Waals surface area contributed by atoms with Crippen molar-refractivity contribution in [1.29, 1.82) is 0 Å². The minimum atomic E-state index is -1.98. The molecule has 0 unspecified atom stereocenters. The van der Waals surface area contributed by atoms with Gasteiger partial charge >= 0.3 is 18.1 Å². The Bertz CT molecular complexity index is 1460. The molecule has 3 rings (SSSR count). The minimum Gasteiger partial charge on any atom is -0.491 e. The highest BCUT2D eigenvalue weighted by atomic mass is 28.4. The van der Waals surface area contributed by atoms with Crippen molar-refractivity contribution in [3.63, 3.8) is 0 Å². The number of aliphatic hydroxyl groups excluding tert-OH is 1. The predicted molar refractivity (Wildman–Crippen MR) is 189 cm³/mol. The molecule has 0 fully saturated rings. The van der Waals surface area contributed by atoms with Crippen molar-refractivity contribution in [1.82, 2.24) is 4.90 Å². The number of nitrogens with one attached hydrogen (secondary N) is 2. The number of amides is 3. The van der Waals surface area contributed by atoms with Gasteiger partial charge in [-0.05, 0) is 108 Å². The van der Waals surface area contributed by atoms with Gasteiger partial charge in [0.05, 0.1) is 31.4 Å². The van der Waals surface area contributed by atoms with E-state index in [0.717, 1.165) is 5.56 Å². The van der Waals surface area contributed by atoms with Gasteiger partial charge in [-0.1, -0.05) is 30.3 Å². The summed E-state index contributed by atoms with van der Waals surface area (Å²) < 4.78 is 22.8. The zero-order valence-electron chi connectivity index (χ0n) is 28.9. The van der Waals surface area contributed by atoms with E-state index >= 15 is 0 Å². The first-order valence-corrected chi connectivity index (χ1v) is 19.5. The second-order valence-electron chi connectivity index (χ2n) is 13.3. The average Bonchev–Trinajstić information content (AvgIpc) is 3.01. The van der Waals surface area contributed by atoms with Crippen LogP contribution in [0.25, 0.3) is 0 Å². The van der Waals surface area contributed by atoms with Crippen LogP contribution in [0.4, 0.5) is 21.0 Å². The smallest absolute Gasteiger partial charge is 0.410 e. The van der Waals surface area contributed by atoms with Crippen molar-refractivity contribution in [2.24, 2.45) is 0 Å². The number of nitrogens with zero attached hydrogens (tertiary/aromatic N) is 1. The Balaban J connectivity index is 1.72. The number of ether oxygens (including phenoxy) is 3. The quantitative estimate of drug-likeness (QED) is 0.116. The van der Waals surface area contributed by atoms with Crippen LogP contribution in [0, 0.1) is 0 Å². The molecule has 0 aromatic heterocycles. The molecule has 0 aliphatic heterocycles. The molecule has 0 bridgehead atoms. The Hall–Kier alpha value is -4.39. The summed E-state index contributed by atoms with van der Waals surface area (Å²) in [6.45, 7) is 13.8. The van der Waals surface area contributed by atoms with Crippen LogP contribution in [0.2, 0.25) is 19.6 Å². The third-order valence-corrected chi connectivity index (χ3v) is 7.74. The summed E-state index contributed by atoms with van der Waals surface area (Å²) >= 11 is 0. The van der Waals surface area contributed by atoms with Crippen molar-refractivity contribution < 1.29 is 38.1 Å². The number of hydrogen-bond acceptors (Lipinski definition) is 8. The molecule has 3 amide bonds. The van der Waals surface area contributed by atoms with E-state index in [4.69, 9.17) is 18.6 Å². The van der Waals surface area contributed by atoms with Crippen molar-refractivity contribution in [3.8, 4) is 5.75 Å². The van der Waals surface area contributed by atoms with E-state index < -0.39 is 44.2 Å². The molecule has 3 aromatic carbocycles. The number of anilines is 2. The predicted octanol–water partition coefficient (Wildman–Crippen LogP) is 6.95. The number of carbonyl (C=O) groups excluding carboxylic acids is 3. The lowest BCUT2D eigenvalue weighted by atomic mass is 10.0. The van der Waals surface area contributed by atoms with Crippen LogP contribution >= 0.6 is 0 Å². The first kappa shape index (κ1) is 38.1. The Labute approximate surface area is 284 Å². The van der Waals surface area contributed by atoms with E-state index in [9.17, 15) is 19.5 Å². The normalized spacial score (nSPS) is 12.8. The molecule has 0 spiro atoms. The van der Waals surface area contributed by atoms with E-state index in [1.54, 1.807) is 76.2 Å². The zero-order valence-corrected chi connectivity index (χ0v) is 29.9. The van der Waals surface area contributed by atoms with Gasteiger partial charge in [-0.2, -0.15) is 0 Å². The fourth-order valence-electron chi connectivity index (χ4n) is 4.48. The van der Waals surface area contributed by atoms with Crippen molar-refractivity contribution in [3.05, 3.63) is 90.0 Å². The van der Waals surface area contributed by atoms with Gasteiger partial charge in [-0.3, -0.25) is 4.90 Å². The number of esters is 1. The first-order valence-electron chi connectivity index (χ1n) is 16.1. The molecule has 0 heterocycles. The van der Waals surface area contributed by atoms with Crippen LogP contribution in [0.1, 0.15) is 43.6 Å². The maximum Gasteiger partial charge on any atom is 0.410 e. The summed E-state index contributed by atoms with van der Waals surface area (Å²) in [7, 11) is -1.98. The fraction of sp³-hybridized carbons (Fsp3) is 0.417. The van der Waals surface area contributed by atoms with Crippen LogP contribution in [0.3, 0.4) is 0 Å². The highest BCUT2D eigenvalue weighted by Crippen LogP contribution is 2.20. The van der Waals surface area contributed by atoms with Crippen LogP contribution in [-0.2, 0) is 20.3 Å². The highest BCUT2D eigenvalue weighted by Gasteiger charge is 2.32. The number of urea groups is 1. The summed E-state index contributed by atoms with van der Waals surface area (Å²) in [6.07, 6.45) is -1.14. The number of carbonyl (C=O) groups is 3. The molecule has 0 aliphatic carbocycles. The molecule has 0 aliphatic rings. The van der Waals surface area contributed by atoms with Gasteiger partial charge < -0.3 is 34.4 Å². The third-order valence-electron chi connectivity index (χ3n) is 6.71. The molecule has 0 saturated heterocycles. The summed E-state index contributed by atoms with van der Waals surface area (Å²) in [4.78, 5) is 39.6. The van der Waals surface area contributed by atoms with Gasteiger partial charge in [-0.15, -0.1) is 0 Å². The van der Waals surface area contributed by atoms with E-state index in [1.165, 1.54) is 4.90 Å². The van der Waals surface area contributed by atoms with E-state index in [2.05, 4.69) is 30.3 Å². The van der Waals surface area contributed by atoms with Crippen LogP contribution < -0.4 is 15.4 Å². The van der Waals surface area contributed by atoms with Gasteiger partial charge in [0, 0.05) is 11.4 Å². The minimum absolute atomic E-state index is 0.0110. The largest absolute Gasteiger partial charge is 0.491 e. The molecule has 260 valence electrons. The summed E-state index contributed by atoms with van der Waals surface area (Å²) in [5.74, 6) is 0.193. The van der Waals surface area contributed by atoms with Gasteiger partial charge in [0.15, 0.2) is 8.32 Å². The first-order chi connectivity index (χ1) is 22.6. The number of para-hydroxylation sites is 1. The van der Waals surface area contributed by atoms with Gasteiger partial charge in [0.2, 0.25) is 0 Å². The topological polar surface area (TPSA) is 136 Å². The van der Waals surface area contributed by atoms with Crippen molar-refractivity contribution in [2.75, 3.05) is 37.0 Å². The fourth-order valence-corrected chi connectivity index (χ4v) is 5.17. The van der Waals surface area contributed by atoms with E-state index in [-0.39, 0.29) is 26.4 Å². The molecular formula is C36H49N3O8Si. The lowest BCUT2D eigenvalue weighted by molar-refractivity contribution is -0.00784. The maximum atomic E-state index is 13.6. The summed E-state index contributed by atoms with van der Waals surface area (Å²) in [6, 6.07) is 22.0. The van der Waals surface area contributed by atoms with Crippen LogP contribution in [0.5, 0.6) is 5.75 Å². The van der Waals surface area contributed by atoms with Gasteiger partial charge in [0.25, 0.3) is 0 Å². The molecule has 0 saturated carbocycles. The van der Waals surface area contributed by atoms with Gasteiger partial charge in [-0.25, -0.2) is 14.4 Å². The highest BCUT2D eigenvalue weighted by molar-refractivity contribution is 6.69. The molecule has 3 aromatic rings. The standard InChI is InChI=1S/C36H49N3O8Si/c1-8-44-33(41)27-16-20-29(21-17-27)38-34(42)37-28-18-14-26(15-19-28)22-30(24-46-48(5,6)7)39(35(43)47-36(2,3)4)23-31(40)25-45-32-12-10-9-11-13-32/h9-21,30-31,40H,8,22-25H2,1-7H3,(H2,37,38,42)/t30-,31-/m0/s1. The lowest BCUT2D eigenvalue weighted by Gasteiger charge is -2.36. The van der Waals surface area contributed by atoms with Crippen molar-refractivity contribution in [2.45, 2.75) is 71.5 Å². The molecule has 3 N–H and O–H groups in total. The molecule has 12 heteroatoms. The number of rotatable bonds is 15. The van der Waals surface area contributed by atoms with Crippen LogP contribution in [-0.4, -0.2) is 80.5 Å². The Morgan fingerprint density at radius 3 is 1.98 bits per heavy atom. The van der Waals surface area contributed by atoms with E-state index in [1.807, 2.05) is 30.3 Å². The van der Waals surface area contributed by atoms with E-state index in [0.29, 0.717) is 29.1 Å². The Morgan fingerprint density at radius 2 is 1.44 bits per heavy atom. The average molecular weight is 680 g/mol. The SMILES string of the molecule is CCOC(=O)c1ccc(NC(=O)Nc2ccc(C[C@@H](CO[Si](C)(C)C)N(C[C@H](O)COc3ccccc3)C(=O)OC(C)(C)C)cc2)cc1. The summed E-state index contributed by atoms with van der Waals surface area (Å²) in [5, 5.41) is 16.5. The number of benzene rings is 3. The molecule has 0 radical (unpaired) electrons.